The zero-order chi connectivity index (χ0) is 24.6. The molecule has 1 fully saturated rings. The quantitative estimate of drug-likeness (QED) is 0.515. The third-order valence-corrected chi connectivity index (χ3v) is 9.34. The molecule has 8 nitrogen and oxygen atoms in total. The third-order valence-electron chi connectivity index (χ3n) is 6.18. The summed E-state index contributed by atoms with van der Waals surface area (Å²) in [6, 6.07) is 7.39. The average Bonchev–Trinajstić information content (AvgIpc) is 3.44. The SMILES string of the molecule is Cc1ccc(NC(=O)[C@@H]2CCCN(S(=O)(=O)c3cc(-c4noc(C(C)C)n4)sc3C)C2)cc1C. The number of amides is 1. The Balaban J connectivity index is 1.51. The monoisotopic (exact) mass is 502 g/mol. The summed E-state index contributed by atoms with van der Waals surface area (Å²) >= 11 is 1.32. The van der Waals surface area contributed by atoms with E-state index in [1.54, 1.807) is 13.0 Å². The van der Waals surface area contributed by atoms with Gasteiger partial charge in [0.2, 0.25) is 27.6 Å². The normalized spacial score (nSPS) is 17.3. The van der Waals surface area contributed by atoms with Crippen LogP contribution in [0.4, 0.5) is 5.69 Å². The highest BCUT2D eigenvalue weighted by Gasteiger charge is 2.35. The van der Waals surface area contributed by atoms with Gasteiger partial charge in [0, 0.05) is 29.6 Å². The lowest BCUT2D eigenvalue weighted by atomic mass is 9.98. The van der Waals surface area contributed by atoms with Gasteiger partial charge in [0.15, 0.2) is 0 Å². The van der Waals surface area contributed by atoms with Gasteiger partial charge in [-0.2, -0.15) is 9.29 Å². The van der Waals surface area contributed by atoms with Crippen molar-refractivity contribution in [1.29, 1.82) is 0 Å². The molecule has 3 heterocycles. The van der Waals surface area contributed by atoms with Crippen molar-refractivity contribution in [3.63, 3.8) is 0 Å². The van der Waals surface area contributed by atoms with Gasteiger partial charge in [0.1, 0.15) is 0 Å². The lowest BCUT2D eigenvalue weighted by Gasteiger charge is -2.31. The first-order chi connectivity index (χ1) is 16.1. The molecule has 0 unspecified atom stereocenters. The van der Waals surface area contributed by atoms with Crippen LogP contribution in [0.25, 0.3) is 10.7 Å². The summed E-state index contributed by atoms with van der Waals surface area (Å²) in [5.41, 5.74) is 2.98. The van der Waals surface area contributed by atoms with Crippen LogP contribution in [0.5, 0.6) is 0 Å². The van der Waals surface area contributed by atoms with Crippen LogP contribution >= 0.6 is 11.3 Å². The van der Waals surface area contributed by atoms with Crippen molar-refractivity contribution in [3.8, 4) is 10.7 Å². The molecule has 0 bridgehead atoms. The maximum absolute atomic E-state index is 13.5. The number of thiophene rings is 1. The number of hydrogen-bond acceptors (Lipinski definition) is 7. The molecule has 4 rings (SSSR count). The average molecular weight is 503 g/mol. The molecule has 1 aliphatic heterocycles. The molecular formula is C24H30N4O4S2. The minimum Gasteiger partial charge on any atom is -0.339 e. The van der Waals surface area contributed by atoms with Gasteiger partial charge in [-0.15, -0.1) is 11.3 Å². The molecule has 0 radical (unpaired) electrons. The summed E-state index contributed by atoms with van der Waals surface area (Å²) < 4.78 is 33.7. The van der Waals surface area contributed by atoms with Crippen molar-refractivity contribution < 1.29 is 17.7 Å². The van der Waals surface area contributed by atoms with Gasteiger partial charge in [-0.3, -0.25) is 4.79 Å². The fourth-order valence-corrected chi connectivity index (χ4v) is 6.99. The van der Waals surface area contributed by atoms with E-state index in [-0.39, 0.29) is 23.3 Å². The highest BCUT2D eigenvalue weighted by Crippen LogP contribution is 2.35. The van der Waals surface area contributed by atoms with Crippen LogP contribution in [0.3, 0.4) is 0 Å². The molecule has 1 N–H and O–H groups in total. The second kappa shape index (κ2) is 9.59. The van der Waals surface area contributed by atoms with E-state index in [0.29, 0.717) is 40.9 Å². The van der Waals surface area contributed by atoms with Crippen molar-refractivity contribution in [2.45, 2.75) is 58.3 Å². The molecule has 34 heavy (non-hydrogen) atoms. The molecule has 182 valence electrons. The van der Waals surface area contributed by atoms with Gasteiger partial charge >= 0.3 is 0 Å². The Bertz CT molecular complexity index is 1310. The Morgan fingerprint density at radius 3 is 2.65 bits per heavy atom. The maximum Gasteiger partial charge on any atom is 0.244 e. The maximum atomic E-state index is 13.5. The fourth-order valence-electron chi connectivity index (χ4n) is 3.98. The van der Waals surface area contributed by atoms with E-state index in [1.165, 1.54) is 15.6 Å². The number of nitrogens with zero attached hydrogens (tertiary/aromatic N) is 3. The number of benzene rings is 1. The molecule has 3 aromatic rings. The van der Waals surface area contributed by atoms with E-state index in [0.717, 1.165) is 16.8 Å². The molecule has 0 aliphatic carbocycles. The number of sulfonamides is 1. The van der Waals surface area contributed by atoms with Gasteiger partial charge in [-0.1, -0.05) is 25.1 Å². The molecule has 0 spiro atoms. The molecule has 1 atom stereocenters. The number of carbonyl (C=O) groups is 1. The summed E-state index contributed by atoms with van der Waals surface area (Å²) in [5.74, 6) is 0.431. The summed E-state index contributed by atoms with van der Waals surface area (Å²) in [6.07, 6.45) is 1.28. The zero-order valence-corrected chi connectivity index (χ0v) is 21.7. The topological polar surface area (TPSA) is 105 Å². The van der Waals surface area contributed by atoms with Gasteiger partial charge < -0.3 is 9.84 Å². The van der Waals surface area contributed by atoms with Gasteiger partial charge in [-0.05, 0) is 62.9 Å². The first-order valence-electron chi connectivity index (χ1n) is 11.4. The smallest absolute Gasteiger partial charge is 0.244 e. The first kappa shape index (κ1) is 24.6. The summed E-state index contributed by atoms with van der Waals surface area (Å²) in [4.78, 5) is 18.9. The Morgan fingerprint density at radius 1 is 1.21 bits per heavy atom. The number of rotatable bonds is 6. The Morgan fingerprint density at radius 2 is 1.97 bits per heavy atom. The minimum atomic E-state index is -3.76. The van der Waals surface area contributed by atoms with Crippen LogP contribution in [0.1, 0.15) is 54.5 Å². The fraction of sp³-hybridized carbons (Fsp3) is 0.458. The number of anilines is 1. The van der Waals surface area contributed by atoms with Crippen LogP contribution in [0, 0.1) is 26.7 Å². The molecular weight excluding hydrogens is 472 g/mol. The van der Waals surface area contributed by atoms with E-state index >= 15 is 0 Å². The van der Waals surface area contributed by atoms with Crippen LogP contribution in [-0.2, 0) is 14.8 Å². The van der Waals surface area contributed by atoms with Crippen LogP contribution in [0.2, 0.25) is 0 Å². The van der Waals surface area contributed by atoms with Crippen molar-refractivity contribution in [1.82, 2.24) is 14.4 Å². The summed E-state index contributed by atoms with van der Waals surface area (Å²) in [5, 5.41) is 6.96. The van der Waals surface area contributed by atoms with E-state index in [1.807, 2.05) is 45.9 Å². The van der Waals surface area contributed by atoms with E-state index in [9.17, 15) is 13.2 Å². The number of piperidine rings is 1. The predicted molar refractivity (Wildman–Crippen MR) is 132 cm³/mol. The summed E-state index contributed by atoms with van der Waals surface area (Å²) in [6.45, 7) is 10.2. The van der Waals surface area contributed by atoms with Crippen LogP contribution in [0.15, 0.2) is 33.7 Å². The van der Waals surface area contributed by atoms with Gasteiger partial charge in [0.05, 0.1) is 15.7 Å². The lowest BCUT2D eigenvalue weighted by Crippen LogP contribution is -2.43. The molecule has 1 amide bonds. The minimum absolute atomic E-state index is 0.0887. The van der Waals surface area contributed by atoms with Gasteiger partial charge in [-0.25, -0.2) is 8.42 Å². The Hall–Kier alpha value is -2.56. The number of carbonyl (C=O) groups excluding carboxylic acids is 1. The molecule has 1 aliphatic rings. The first-order valence-corrected chi connectivity index (χ1v) is 13.6. The second-order valence-corrected chi connectivity index (χ2v) is 12.3. The Kier molecular flexibility index (Phi) is 6.93. The number of hydrogen-bond donors (Lipinski definition) is 1. The van der Waals surface area contributed by atoms with Crippen molar-refractivity contribution in [2.24, 2.45) is 5.92 Å². The number of nitrogens with one attached hydrogen (secondary N) is 1. The molecule has 1 aromatic carbocycles. The summed E-state index contributed by atoms with van der Waals surface area (Å²) in [7, 11) is -3.76. The van der Waals surface area contributed by atoms with Crippen molar-refractivity contribution in [2.75, 3.05) is 18.4 Å². The molecule has 0 saturated carbocycles. The van der Waals surface area contributed by atoms with Crippen molar-refractivity contribution >= 4 is 33.0 Å². The zero-order valence-electron chi connectivity index (χ0n) is 20.1. The lowest BCUT2D eigenvalue weighted by molar-refractivity contribution is -0.120. The van der Waals surface area contributed by atoms with E-state index in [2.05, 4.69) is 15.5 Å². The standard InChI is InChI=1S/C24H30N4O4S2/c1-14(2)24-26-22(27-32-24)20-12-21(17(5)33-20)34(30,31)28-10-6-7-18(13-28)23(29)25-19-9-8-15(3)16(4)11-19/h8-9,11-12,14,18H,6-7,10,13H2,1-5H3,(H,25,29)/t18-/m1/s1. The van der Waals surface area contributed by atoms with Crippen LogP contribution in [-0.4, -0.2) is 41.9 Å². The highest BCUT2D eigenvalue weighted by atomic mass is 32.2. The van der Waals surface area contributed by atoms with Crippen molar-refractivity contribution in [3.05, 3.63) is 46.2 Å². The second-order valence-electron chi connectivity index (χ2n) is 9.13. The number of aromatic nitrogens is 2. The van der Waals surface area contributed by atoms with E-state index < -0.39 is 15.9 Å². The number of aryl methyl sites for hydroxylation is 3. The highest BCUT2D eigenvalue weighted by molar-refractivity contribution is 7.89. The Labute approximate surface area is 204 Å². The molecule has 1 saturated heterocycles. The molecule has 2 aromatic heterocycles. The largest absolute Gasteiger partial charge is 0.339 e. The molecule has 10 heteroatoms. The third kappa shape index (κ3) is 4.94. The van der Waals surface area contributed by atoms with E-state index in [4.69, 9.17) is 4.52 Å². The van der Waals surface area contributed by atoms with Crippen LogP contribution < -0.4 is 5.32 Å². The predicted octanol–water partition coefficient (Wildman–Crippen LogP) is 4.89. The van der Waals surface area contributed by atoms with Gasteiger partial charge in [0.25, 0.3) is 0 Å².